The first kappa shape index (κ1) is 21.0. The lowest BCUT2D eigenvalue weighted by Crippen LogP contribution is -2.39. The lowest BCUT2D eigenvalue weighted by atomic mass is 10.1. The van der Waals surface area contributed by atoms with Gasteiger partial charge in [0.1, 0.15) is 11.5 Å². The zero-order valence-corrected chi connectivity index (χ0v) is 17.9. The van der Waals surface area contributed by atoms with E-state index in [0.29, 0.717) is 6.54 Å². The topological polar surface area (TPSA) is 67.8 Å². The first-order chi connectivity index (χ1) is 13.0. The number of nitrogens with zero attached hydrogens (tertiary/aromatic N) is 2. The van der Waals surface area contributed by atoms with Crippen LogP contribution in [0.5, 0.6) is 11.5 Å². The Morgan fingerprint density at radius 3 is 2.63 bits per heavy atom. The van der Waals surface area contributed by atoms with Gasteiger partial charge in [0, 0.05) is 30.0 Å². The maximum absolute atomic E-state index is 5.50. The van der Waals surface area contributed by atoms with E-state index >= 15 is 0 Å². The zero-order valence-electron chi connectivity index (χ0n) is 17.0. The molecule has 0 saturated carbocycles. The molecule has 6 nitrogen and oxygen atoms in total. The lowest BCUT2D eigenvalue weighted by molar-refractivity contribution is 0.394. The molecule has 2 N–H and O–H groups in total. The summed E-state index contributed by atoms with van der Waals surface area (Å²) in [5.41, 5.74) is 2.14. The summed E-state index contributed by atoms with van der Waals surface area (Å²) < 4.78 is 10.9. The number of methoxy groups -OCH3 is 2. The van der Waals surface area contributed by atoms with Crippen LogP contribution >= 0.6 is 11.3 Å². The molecule has 0 amide bonds. The van der Waals surface area contributed by atoms with Gasteiger partial charge in [-0.1, -0.05) is 0 Å². The second-order valence-corrected chi connectivity index (χ2v) is 7.51. The summed E-state index contributed by atoms with van der Waals surface area (Å²) in [5.74, 6) is 2.41. The highest BCUT2D eigenvalue weighted by atomic mass is 32.1. The minimum Gasteiger partial charge on any atom is -0.497 e. The third-order valence-electron chi connectivity index (χ3n) is 4.21. The number of aliphatic imine (C=N–C) groups is 1. The molecule has 0 fully saturated rings. The molecule has 1 aromatic carbocycles. The predicted octanol–water partition coefficient (Wildman–Crippen LogP) is 3.64. The quantitative estimate of drug-likeness (QED) is 0.532. The van der Waals surface area contributed by atoms with Gasteiger partial charge in [-0.25, -0.2) is 4.98 Å². The fourth-order valence-corrected chi connectivity index (χ4v) is 3.78. The van der Waals surface area contributed by atoms with Crippen LogP contribution in [0.1, 0.15) is 41.0 Å². The highest BCUT2D eigenvalue weighted by molar-refractivity contribution is 7.11. The summed E-state index contributed by atoms with van der Waals surface area (Å²) in [6.07, 6.45) is 0.894. The van der Waals surface area contributed by atoms with E-state index in [-0.39, 0.29) is 6.04 Å². The Kier molecular flexibility index (Phi) is 7.91. The predicted molar refractivity (Wildman–Crippen MR) is 112 cm³/mol. The number of nitrogens with one attached hydrogen (secondary N) is 2. The van der Waals surface area contributed by atoms with Crippen molar-refractivity contribution in [3.8, 4) is 11.5 Å². The number of guanidine groups is 1. The molecule has 7 heteroatoms. The number of aromatic nitrogens is 1. The van der Waals surface area contributed by atoms with Gasteiger partial charge >= 0.3 is 0 Å². The third kappa shape index (κ3) is 5.85. The molecule has 1 aromatic heterocycles. The molecule has 2 rings (SSSR count). The van der Waals surface area contributed by atoms with Crippen LogP contribution in [-0.4, -0.2) is 38.3 Å². The van der Waals surface area contributed by atoms with Crippen molar-refractivity contribution in [2.45, 2.75) is 40.2 Å². The van der Waals surface area contributed by atoms with Gasteiger partial charge < -0.3 is 20.1 Å². The van der Waals surface area contributed by atoms with E-state index in [2.05, 4.69) is 36.4 Å². The van der Waals surface area contributed by atoms with Crippen molar-refractivity contribution in [1.82, 2.24) is 15.6 Å². The minimum atomic E-state index is 0.0141. The average molecular weight is 391 g/mol. The molecule has 1 unspecified atom stereocenters. The average Bonchev–Trinajstić information content (AvgIpc) is 2.98. The molecule has 1 atom stereocenters. The molecule has 27 heavy (non-hydrogen) atoms. The highest BCUT2D eigenvalue weighted by Crippen LogP contribution is 2.29. The van der Waals surface area contributed by atoms with Crippen LogP contribution in [0, 0.1) is 13.8 Å². The molecule has 0 bridgehead atoms. The van der Waals surface area contributed by atoms with Crippen LogP contribution in [0.3, 0.4) is 0 Å². The summed E-state index contributed by atoms with van der Waals surface area (Å²) in [7, 11) is 3.34. The molecule has 0 spiro atoms. The van der Waals surface area contributed by atoms with Crippen LogP contribution in [0.25, 0.3) is 0 Å². The minimum absolute atomic E-state index is 0.0141. The second kappa shape index (κ2) is 10.2. The van der Waals surface area contributed by atoms with Gasteiger partial charge in [0.05, 0.1) is 31.0 Å². The van der Waals surface area contributed by atoms with Crippen molar-refractivity contribution < 1.29 is 9.47 Å². The van der Waals surface area contributed by atoms with E-state index in [1.165, 1.54) is 4.88 Å². The smallest absolute Gasteiger partial charge is 0.191 e. The molecule has 2 aromatic rings. The van der Waals surface area contributed by atoms with E-state index in [4.69, 9.17) is 14.5 Å². The molecule has 0 aliphatic carbocycles. The number of ether oxygens (including phenoxy) is 2. The molecule has 0 radical (unpaired) electrons. The monoisotopic (exact) mass is 390 g/mol. The Hall–Kier alpha value is -2.28. The standard InChI is InChI=1S/C20H30N4O2S/c1-7-21-20(22-11-10-19-14(3)23-15(4)27-19)24-13(2)17-12-16(25-5)8-9-18(17)26-6/h8-9,12-13H,7,10-11H2,1-6H3,(H2,21,22,24). The molecule has 148 valence electrons. The van der Waals surface area contributed by atoms with Crippen molar-refractivity contribution in [3.63, 3.8) is 0 Å². The number of hydrogen-bond donors (Lipinski definition) is 2. The van der Waals surface area contributed by atoms with E-state index < -0.39 is 0 Å². The highest BCUT2D eigenvalue weighted by Gasteiger charge is 2.14. The first-order valence-electron chi connectivity index (χ1n) is 9.18. The fraction of sp³-hybridized carbons (Fsp3) is 0.500. The summed E-state index contributed by atoms with van der Waals surface area (Å²) in [4.78, 5) is 10.5. The van der Waals surface area contributed by atoms with Gasteiger partial charge in [-0.15, -0.1) is 11.3 Å². The van der Waals surface area contributed by atoms with Crippen LogP contribution in [-0.2, 0) is 6.42 Å². The van der Waals surface area contributed by atoms with E-state index in [1.807, 2.05) is 25.1 Å². The zero-order chi connectivity index (χ0) is 19.8. The van der Waals surface area contributed by atoms with Gasteiger partial charge in [0.25, 0.3) is 0 Å². The summed E-state index contributed by atoms with van der Waals surface area (Å²) in [6, 6.07) is 5.82. The van der Waals surface area contributed by atoms with Crippen LogP contribution in [0.2, 0.25) is 0 Å². The third-order valence-corrected chi connectivity index (χ3v) is 5.34. The Morgan fingerprint density at radius 1 is 1.26 bits per heavy atom. The fourth-order valence-electron chi connectivity index (χ4n) is 2.86. The maximum atomic E-state index is 5.50. The molecular formula is C20H30N4O2S. The number of benzene rings is 1. The Morgan fingerprint density at radius 2 is 2.04 bits per heavy atom. The molecule has 0 saturated heterocycles. The van der Waals surface area contributed by atoms with E-state index in [1.54, 1.807) is 25.6 Å². The molecular weight excluding hydrogens is 360 g/mol. The molecule has 1 heterocycles. The van der Waals surface area contributed by atoms with Gasteiger partial charge in [-0.3, -0.25) is 4.99 Å². The number of hydrogen-bond acceptors (Lipinski definition) is 5. The van der Waals surface area contributed by atoms with Gasteiger partial charge in [0.15, 0.2) is 5.96 Å². The SMILES string of the molecule is CCNC(=NCCc1sc(C)nc1C)NC(C)c1cc(OC)ccc1OC. The summed E-state index contributed by atoms with van der Waals surface area (Å²) in [5, 5.41) is 7.87. The lowest BCUT2D eigenvalue weighted by Gasteiger charge is -2.20. The molecule has 0 aliphatic rings. The van der Waals surface area contributed by atoms with Gasteiger partial charge in [-0.2, -0.15) is 0 Å². The van der Waals surface area contributed by atoms with Crippen molar-refractivity contribution in [1.29, 1.82) is 0 Å². The van der Waals surface area contributed by atoms with Crippen molar-refractivity contribution >= 4 is 17.3 Å². The van der Waals surface area contributed by atoms with Crippen LogP contribution in [0.15, 0.2) is 23.2 Å². The number of aryl methyl sites for hydroxylation is 2. The number of thiazole rings is 1. The Labute approximate surface area is 166 Å². The molecule has 0 aliphatic heterocycles. The second-order valence-electron chi connectivity index (χ2n) is 6.23. The summed E-state index contributed by atoms with van der Waals surface area (Å²) >= 11 is 1.75. The number of rotatable bonds is 8. The summed E-state index contributed by atoms with van der Waals surface area (Å²) in [6.45, 7) is 9.75. The van der Waals surface area contributed by atoms with Crippen LogP contribution in [0.4, 0.5) is 0 Å². The first-order valence-corrected chi connectivity index (χ1v) is 9.99. The van der Waals surface area contributed by atoms with Gasteiger partial charge in [-0.05, 0) is 45.9 Å². The van der Waals surface area contributed by atoms with Gasteiger partial charge in [0.2, 0.25) is 0 Å². The van der Waals surface area contributed by atoms with Crippen molar-refractivity contribution in [2.75, 3.05) is 27.3 Å². The largest absolute Gasteiger partial charge is 0.497 e. The Balaban J connectivity index is 2.09. The Bertz CT molecular complexity index is 773. The van der Waals surface area contributed by atoms with Crippen LogP contribution < -0.4 is 20.1 Å². The van der Waals surface area contributed by atoms with E-state index in [0.717, 1.165) is 46.7 Å². The normalized spacial score (nSPS) is 12.6. The van der Waals surface area contributed by atoms with E-state index in [9.17, 15) is 0 Å². The maximum Gasteiger partial charge on any atom is 0.191 e. The van der Waals surface area contributed by atoms with Crippen molar-refractivity contribution in [3.05, 3.63) is 39.3 Å². The van der Waals surface area contributed by atoms with Crippen molar-refractivity contribution in [2.24, 2.45) is 4.99 Å².